The molecule has 3 nitrogen and oxygen atoms in total. The highest BCUT2D eigenvalue weighted by molar-refractivity contribution is 5.89. The first kappa shape index (κ1) is 13.6. The zero-order valence-corrected chi connectivity index (χ0v) is 11.8. The molecule has 18 heavy (non-hydrogen) atoms. The van der Waals surface area contributed by atoms with E-state index in [1.165, 1.54) is 12.8 Å². The lowest BCUT2D eigenvalue weighted by atomic mass is 9.75. The lowest BCUT2D eigenvalue weighted by Gasteiger charge is -2.37. The summed E-state index contributed by atoms with van der Waals surface area (Å²) >= 11 is 0. The third kappa shape index (κ3) is 2.94. The van der Waals surface area contributed by atoms with Gasteiger partial charge in [-0.1, -0.05) is 27.2 Å². The molecule has 102 valence electrons. The van der Waals surface area contributed by atoms with Gasteiger partial charge in [0.15, 0.2) is 0 Å². The van der Waals surface area contributed by atoms with Gasteiger partial charge in [0.25, 0.3) is 0 Å². The first-order chi connectivity index (χ1) is 8.47. The maximum Gasteiger partial charge on any atom is 0.336 e. The van der Waals surface area contributed by atoms with E-state index >= 15 is 0 Å². The first-order valence-electron chi connectivity index (χ1n) is 7.02. The van der Waals surface area contributed by atoms with Gasteiger partial charge in [0.2, 0.25) is 6.29 Å². The van der Waals surface area contributed by atoms with Crippen molar-refractivity contribution in [2.45, 2.75) is 59.4 Å². The molecule has 0 aromatic carbocycles. The fraction of sp³-hybridized carbons (Fsp3) is 0.800. The molecule has 1 heterocycles. The van der Waals surface area contributed by atoms with Crippen molar-refractivity contribution in [1.82, 2.24) is 0 Å². The molecule has 0 spiro atoms. The van der Waals surface area contributed by atoms with Crippen LogP contribution in [0.4, 0.5) is 0 Å². The Hall–Kier alpha value is -0.830. The second-order valence-corrected chi connectivity index (χ2v) is 6.12. The Morgan fingerprint density at radius 3 is 2.67 bits per heavy atom. The summed E-state index contributed by atoms with van der Waals surface area (Å²) in [6.45, 7) is 8.54. The molecular formula is C15H24O3. The Bertz CT molecular complexity index is 346. The van der Waals surface area contributed by atoms with Gasteiger partial charge in [-0.3, -0.25) is 0 Å². The van der Waals surface area contributed by atoms with Gasteiger partial charge in [0.1, 0.15) is 0 Å². The minimum Gasteiger partial charge on any atom is -0.429 e. The largest absolute Gasteiger partial charge is 0.429 e. The van der Waals surface area contributed by atoms with Gasteiger partial charge in [-0.2, -0.15) is 0 Å². The second-order valence-electron chi connectivity index (χ2n) is 6.12. The minimum absolute atomic E-state index is 0.216. The molecule has 2 rings (SSSR count). The van der Waals surface area contributed by atoms with E-state index in [1.54, 1.807) is 13.0 Å². The van der Waals surface area contributed by atoms with Crippen LogP contribution in [0.2, 0.25) is 0 Å². The molecule has 0 bridgehead atoms. The normalized spacial score (nSPS) is 36.7. The number of cyclic esters (lactones) is 1. The number of hydrogen-bond donors (Lipinski definition) is 0. The Morgan fingerprint density at radius 2 is 2.11 bits per heavy atom. The van der Waals surface area contributed by atoms with Gasteiger partial charge in [-0.25, -0.2) is 4.79 Å². The number of ether oxygens (including phenoxy) is 2. The van der Waals surface area contributed by atoms with Crippen LogP contribution in [-0.2, 0) is 14.3 Å². The lowest BCUT2D eigenvalue weighted by Crippen LogP contribution is -2.36. The number of rotatable bonds is 3. The van der Waals surface area contributed by atoms with Crippen molar-refractivity contribution in [1.29, 1.82) is 0 Å². The first-order valence-corrected chi connectivity index (χ1v) is 7.02. The smallest absolute Gasteiger partial charge is 0.336 e. The topological polar surface area (TPSA) is 35.5 Å². The highest BCUT2D eigenvalue weighted by Gasteiger charge is 2.35. The zero-order valence-electron chi connectivity index (χ0n) is 11.8. The van der Waals surface area contributed by atoms with Gasteiger partial charge in [0, 0.05) is 5.57 Å². The summed E-state index contributed by atoms with van der Waals surface area (Å²) in [5.74, 6) is 1.65. The van der Waals surface area contributed by atoms with Crippen molar-refractivity contribution in [3.8, 4) is 0 Å². The molecule has 1 fully saturated rings. The maximum absolute atomic E-state index is 11.3. The molecule has 0 N–H and O–H groups in total. The van der Waals surface area contributed by atoms with Crippen molar-refractivity contribution in [2.24, 2.45) is 17.8 Å². The second kappa shape index (κ2) is 5.43. The van der Waals surface area contributed by atoms with Gasteiger partial charge in [-0.15, -0.1) is 0 Å². The molecule has 3 heteroatoms. The van der Waals surface area contributed by atoms with Crippen LogP contribution in [0.5, 0.6) is 0 Å². The van der Waals surface area contributed by atoms with Crippen LogP contribution in [0, 0.1) is 17.8 Å². The van der Waals surface area contributed by atoms with E-state index in [0.29, 0.717) is 23.3 Å². The molecule has 0 aromatic rings. The fourth-order valence-electron chi connectivity index (χ4n) is 3.02. The molecule has 2 aliphatic rings. The lowest BCUT2D eigenvalue weighted by molar-refractivity contribution is -0.178. The third-order valence-electron chi connectivity index (χ3n) is 4.20. The molecule has 0 aromatic heterocycles. The summed E-state index contributed by atoms with van der Waals surface area (Å²) in [7, 11) is 0. The van der Waals surface area contributed by atoms with E-state index in [-0.39, 0.29) is 12.1 Å². The maximum atomic E-state index is 11.3. The Labute approximate surface area is 110 Å². The molecule has 0 saturated heterocycles. The van der Waals surface area contributed by atoms with E-state index in [1.807, 2.05) is 0 Å². The molecule has 0 amide bonds. The van der Waals surface area contributed by atoms with E-state index in [4.69, 9.17) is 9.47 Å². The Morgan fingerprint density at radius 1 is 1.39 bits per heavy atom. The molecule has 4 atom stereocenters. The van der Waals surface area contributed by atoms with Crippen LogP contribution in [0.15, 0.2) is 11.6 Å². The van der Waals surface area contributed by atoms with Crippen molar-refractivity contribution in [3.63, 3.8) is 0 Å². The van der Waals surface area contributed by atoms with Crippen LogP contribution in [0.1, 0.15) is 47.0 Å². The summed E-state index contributed by atoms with van der Waals surface area (Å²) in [4.78, 5) is 11.3. The van der Waals surface area contributed by atoms with E-state index in [0.717, 1.165) is 6.42 Å². The minimum atomic E-state index is -0.464. The van der Waals surface area contributed by atoms with Gasteiger partial charge in [-0.05, 0) is 43.6 Å². The monoisotopic (exact) mass is 252 g/mol. The number of hydrogen-bond acceptors (Lipinski definition) is 3. The van der Waals surface area contributed by atoms with Crippen molar-refractivity contribution in [2.75, 3.05) is 0 Å². The van der Waals surface area contributed by atoms with E-state index in [9.17, 15) is 4.79 Å². The molecule has 1 saturated carbocycles. The van der Waals surface area contributed by atoms with Crippen LogP contribution in [0.25, 0.3) is 0 Å². The molecular weight excluding hydrogens is 228 g/mol. The summed E-state index contributed by atoms with van der Waals surface area (Å²) in [5.41, 5.74) is 0.657. The number of carbonyl (C=O) groups is 1. The third-order valence-corrected chi connectivity index (χ3v) is 4.20. The van der Waals surface area contributed by atoms with Crippen LogP contribution in [0.3, 0.4) is 0 Å². The van der Waals surface area contributed by atoms with Crippen molar-refractivity contribution < 1.29 is 14.3 Å². The molecule has 2 unspecified atom stereocenters. The Kier molecular flexibility index (Phi) is 4.10. The van der Waals surface area contributed by atoms with E-state index < -0.39 is 6.29 Å². The molecule has 1 aliphatic carbocycles. The van der Waals surface area contributed by atoms with Crippen molar-refractivity contribution >= 4 is 5.97 Å². The number of esters is 1. The van der Waals surface area contributed by atoms with Crippen LogP contribution in [-0.4, -0.2) is 18.4 Å². The van der Waals surface area contributed by atoms with Crippen LogP contribution >= 0.6 is 0 Å². The highest BCUT2D eigenvalue weighted by Crippen LogP contribution is 2.36. The zero-order chi connectivity index (χ0) is 13.3. The SMILES string of the molecule is CC1=CC(OC2C[C@H](C)CC[C@H]2C(C)C)OC1=O. The van der Waals surface area contributed by atoms with E-state index in [2.05, 4.69) is 20.8 Å². The predicted octanol–water partition coefficient (Wildman–Crippen LogP) is 3.29. The summed E-state index contributed by atoms with van der Waals surface area (Å²) in [5, 5.41) is 0. The predicted molar refractivity (Wildman–Crippen MR) is 69.9 cm³/mol. The summed E-state index contributed by atoms with van der Waals surface area (Å²) in [6, 6.07) is 0. The average molecular weight is 252 g/mol. The molecule has 1 aliphatic heterocycles. The summed E-state index contributed by atoms with van der Waals surface area (Å²) < 4.78 is 11.2. The summed E-state index contributed by atoms with van der Waals surface area (Å²) in [6.07, 6.45) is 5.11. The van der Waals surface area contributed by atoms with Crippen LogP contribution < -0.4 is 0 Å². The molecule has 0 radical (unpaired) electrons. The van der Waals surface area contributed by atoms with Gasteiger partial charge < -0.3 is 9.47 Å². The van der Waals surface area contributed by atoms with Crippen molar-refractivity contribution in [3.05, 3.63) is 11.6 Å². The van der Waals surface area contributed by atoms with Gasteiger partial charge >= 0.3 is 5.97 Å². The van der Waals surface area contributed by atoms with Gasteiger partial charge in [0.05, 0.1) is 6.10 Å². The number of carbonyl (C=O) groups excluding carboxylic acids is 1. The standard InChI is InChI=1S/C15H24O3/c1-9(2)12-6-5-10(3)7-13(12)17-14-8-11(4)15(16)18-14/h8-10,12-14H,5-7H2,1-4H3/t10-,12+,13?,14?/m1/s1. The quantitative estimate of drug-likeness (QED) is 0.723. The Balaban J connectivity index is 1.99. The average Bonchev–Trinajstić information content (AvgIpc) is 2.57. The fourth-order valence-corrected chi connectivity index (χ4v) is 3.02. The highest BCUT2D eigenvalue weighted by atomic mass is 16.7.